The highest BCUT2D eigenvalue weighted by atomic mass is 16.5. The molecule has 0 unspecified atom stereocenters. The lowest BCUT2D eigenvalue weighted by Gasteiger charge is -2.09. The molecule has 2 aromatic carbocycles. The predicted molar refractivity (Wildman–Crippen MR) is 81.7 cm³/mol. The van der Waals surface area contributed by atoms with Crippen LogP contribution >= 0.6 is 0 Å². The molecule has 0 bridgehead atoms. The van der Waals surface area contributed by atoms with Gasteiger partial charge in [0.25, 0.3) is 5.56 Å². The SMILES string of the molecule is COc1cc2c(=O)[nH]n(-c3ccc(C)cc3)c2cc1OC. The minimum absolute atomic E-state index is 0.161. The minimum Gasteiger partial charge on any atom is -0.493 e. The molecular formula is C16H16N2O3. The number of benzene rings is 2. The Balaban J connectivity index is 2.29. The molecule has 1 heterocycles. The first-order valence-corrected chi connectivity index (χ1v) is 6.58. The fraction of sp³-hybridized carbons (Fsp3) is 0.188. The summed E-state index contributed by atoms with van der Waals surface area (Å²) in [4.78, 5) is 12.1. The maximum Gasteiger partial charge on any atom is 0.272 e. The van der Waals surface area contributed by atoms with Crippen LogP contribution in [0.25, 0.3) is 16.6 Å². The molecule has 3 aromatic rings. The van der Waals surface area contributed by atoms with Crippen molar-refractivity contribution in [1.29, 1.82) is 0 Å². The summed E-state index contributed by atoms with van der Waals surface area (Å²) in [6.07, 6.45) is 0. The lowest BCUT2D eigenvalue weighted by Crippen LogP contribution is -2.03. The van der Waals surface area contributed by atoms with Crippen molar-refractivity contribution in [2.75, 3.05) is 14.2 Å². The van der Waals surface area contributed by atoms with Crippen molar-refractivity contribution in [2.24, 2.45) is 0 Å². The van der Waals surface area contributed by atoms with Gasteiger partial charge < -0.3 is 9.47 Å². The summed E-state index contributed by atoms with van der Waals surface area (Å²) in [5.41, 5.74) is 2.64. The normalized spacial score (nSPS) is 10.8. The second-order valence-corrected chi connectivity index (χ2v) is 4.84. The molecule has 1 aromatic heterocycles. The van der Waals surface area contributed by atoms with Crippen molar-refractivity contribution in [3.8, 4) is 17.2 Å². The first-order chi connectivity index (χ1) is 10.1. The minimum atomic E-state index is -0.161. The van der Waals surface area contributed by atoms with Gasteiger partial charge in [-0.3, -0.25) is 14.6 Å². The zero-order valence-corrected chi connectivity index (χ0v) is 12.1. The highest BCUT2D eigenvalue weighted by Gasteiger charge is 2.13. The molecule has 0 saturated heterocycles. The van der Waals surface area contributed by atoms with E-state index in [9.17, 15) is 4.79 Å². The molecule has 0 radical (unpaired) electrons. The number of H-pyrrole nitrogens is 1. The number of nitrogens with one attached hydrogen (secondary N) is 1. The molecule has 0 atom stereocenters. The number of nitrogens with zero attached hydrogens (tertiary/aromatic N) is 1. The van der Waals surface area contributed by atoms with Crippen LogP contribution in [0.1, 0.15) is 5.56 Å². The van der Waals surface area contributed by atoms with E-state index < -0.39 is 0 Å². The van der Waals surface area contributed by atoms with E-state index in [-0.39, 0.29) is 5.56 Å². The van der Waals surface area contributed by atoms with Crippen LogP contribution in [0, 0.1) is 6.92 Å². The van der Waals surface area contributed by atoms with Gasteiger partial charge in [0.1, 0.15) is 0 Å². The largest absolute Gasteiger partial charge is 0.493 e. The smallest absolute Gasteiger partial charge is 0.272 e. The Morgan fingerprint density at radius 3 is 2.24 bits per heavy atom. The summed E-state index contributed by atoms with van der Waals surface area (Å²) in [7, 11) is 3.12. The molecule has 5 nitrogen and oxygen atoms in total. The number of hydrogen-bond acceptors (Lipinski definition) is 3. The molecule has 1 N–H and O–H groups in total. The molecule has 0 aliphatic heterocycles. The number of aryl methyl sites for hydroxylation is 1. The molecule has 0 amide bonds. The van der Waals surface area contributed by atoms with E-state index in [1.807, 2.05) is 31.2 Å². The molecule has 3 rings (SSSR count). The number of methoxy groups -OCH3 is 2. The molecular weight excluding hydrogens is 268 g/mol. The third kappa shape index (κ3) is 2.16. The number of hydrogen-bond donors (Lipinski definition) is 1. The van der Waals surface area contributed by atoms with Gasteiger partial charge in [0.15, 0.2) is 11.5 Å². The third-order valence-corrected chi connectivity index (χ3v) is 3.49. The summed E-state index contributed by atoms with van der Waals surface area (Å²) in [5.74, 6) is 1.13. The van der Waals surface area contributed by atoms with Gasteiger partial charge in [0.2, 0.25) is 0 Å². The first-order valence-electron chi connectivity index (χ1n) is 6.58. The monoisotopic (exact) mass is 284 g/mol. The number of rotatable bonds is 3. The lowest BCUT2D eigenvalue weighted by molar-refractivity contribution is 0.356. The van der Waals surface area contributed by atoms with E-state index in [4.69, 9.17) is 9.47 Å². The molecule has 0 aliphatic rings. The van der Waals surface area contributed by atoms with Gasteiger partial charge in [-0.05, 0) is 25.1 Å². The Morgan fingerprint density at radius 2 is 1.62 bits per heavy atom. The molecule has 108 valence electrons. The van der Waals surface area contributed by atoms with Crippen LogP contribution < -0.4 is 15.0 Å². The molecule has 0 aliphatic carbocycles. The highest BCUT2D eigenvalue weighted by molar-refractivity contribution is 5.84. The van der Waals surface area contributed by atoms with E-state index in [1.54, 1.807) is 31.0 Å². The Kier molecular flexibility index (Phi) is 3.17. The number of ether oxygens (including phenoxy) is 2. The fourth-order valence-corrected chi connectivity index (χ4v) is 2.35. The first kappa shape index (κ1) is 13.3. The average Bonchev–Trinajstić information content (AvgIpc) is 2.83. The van der Waals surface area contributed by atoms with Gasteiger partial charge in [-0.25, -0.2) is 0 Å². The second-order valence-electron chi connectivity index (χ2n) is 4.84. The van der Waals surface area contributed by atoms with Crippen LogP contribution in [0.4, 0.5) is 0 Å². The van der Waals surface area contributed by atoms with E-state index in [2.05, 4.69) is 5.10 Å². The fourth-order valence-electron chi connectivity index (χ4n) is 2.35. The molecule has 0 saturated carbocycles. The maximum absolute atomic E-state index is 12.1. The summed E-state index contributed by atoms with van der Waals surface area (Å²) >= 11 is 0. The summed E-state index contributed by atoms with van der Waals surface area (Å²) in [6.45, 7) is 2.02. The summed E-state index contributed by atoms with van der Waals surface area (Å²) in [6, 6.07) is 11.4. The Labute approximate surface area is 121 Å². The number of aromatic amines is 1. The maximum atomic E-state index is 12.1. The van der Waals surface area contributed by atoms with Crippen LogP contribution in [0.2, 0.25) is 0 Å². The second kappa shape index (κ2) is 5.01. The molecule has 21 heavy (non-hydrogen) atoms. The van der Waals surface area contributed by atoms with E-state index >= 15 is 0 Å². The van der Waals surface area contributed by atoms with Crippen LogP contribution in [0.15, 0.2) is 41.2 Å². The molecule has 5 heteroatoms. The van der Waals surface area contributed by atoms with Crippen LogP contribution in [-0.4, -0.2) is 24.0 Å². The number of fused-ring (bicyclic) bond motifs is 1. The van der Waals surface area contributed by atoms with Crippen molar-refractivity contribution in [2.45, 2.75) is 6.92 Å². The predicted octanol–water partition coefficient (Wildman–Crippen LogP) is 2.64. The van der Waals surface area contributed by atoms with Crippen molar-refractivity contribution < 1.29 is 9.47 Å². The highest BCUT2D eigenvalue weighted by Crippen LogP contribution is 2.31. The van der Waals surface area contributed by atoms with E-state index in [0.717, 1.165) is 16.8 Å². The Hall–Kier alpha value is -2.69. The van der Waals surface area contributed by atoms with E-state index in [1.165, 1.54) is 0 Å². The van der Waals surface area contributed by atoms with Gasteiger partial charge >= 0.3 is 0 Å². The van der Waals surface area contributed by atoms with Gasteiger partial charge in [-0.2, -0.15) is 0 Å². The zero-order chi connectivity index (χ0) is 15.0. The van der Waals surface area contributed by atoms with Crippen molar-refractivity contribution in [3.63, 3.8) is 0 Å². The summed E-state index contributed by atoms with van der Waals surface area (Å²) in [5, 5.41) is 3.40. The van der Waals surface area contributed by atoms with Crippen LogP contribution in [-0.2, 0) is 0 Å². The Bertz CT molecular complexity index is 844. The number of aromatic nitrogens is 2. The van der Waals surface area contributed by atoms with Crippen molar-refractivity contribution in [3.05, 3.63) is 52.3 Å². The topological polar surface area (TPSA) is 56.2 Å². The van der Waals surface area contributed by atoms with Gasteiger partial charge in [-0.15, -0.1) is 0 Å². The average molecular weight is 284 g/mol. The standard InChI is InChI=1S/C16H16N2O3/c1-10-4-6-11(7-5-10)18-13-9-15(21-3)14(20-2)8-12(13)16(19)17-18/h4-9H,1-3H3,(H,17,19). The summed E-state index contributed by atoms with van der Waals surface area (Å²) < 4.78 is 12.3. The van der Waals surface area contributed by atoms with Crippen LogP contribution in [0.5, 0.6) is 11.5 Å². The molecule has 0 spiro atoms. The van der Waals surface area contributed by atoms with Crippen molar-refractivity contribution >= 4 is 10.9 Å². The third-order valence-electron chi connectivity index (χ3n) is 3.49. The van der Waals surface area contributed by atoms with Crippen LogP contribution in [0.3, 0.4) is 0 Å². The zero-order valence-electron chi connectivity index (χ0n) is 12.1. The van der Waals surface area contributed by atoms with Gasteiger partial charge in [-0.1, -0.05) is 17.7 Å². The van der Waals surface area contributed by atoms with Gasteiger partial charge in [0.05, 0.1) is 30.8 Å². The van der Waals surface area contributed by atoms with E-state index in [0.29, 0.717) is 16.9 Å². The van der Waals surface area contributed by atoms with Gasteiger partial charge in [0, 0.05) is 6.07 Å². The molecule has 0 fully saturated rings. The quantitative estimate of drug-likeness (QED) is 0.804. The Morgan fingerprint density at radius 1 is 1.00 bits per heavy atom. The van der Waals surface area contributed by atoms with Crippen molar-refractivity contribution in [1.82, 2.24) is 9.78 Å². The lowest BCUT2D eigenvalue weighted by atomic mass is 10.2.